The number of ether oxygens (including phenoxy) is 1. The summed E-state index contributed by atoms with van der Waals surface area (Å²) in [6.07, 6.45) is 2.01. The Morgan fingerprint density at radius 3 is 2.61 bits per heavy atom. The van der Waals surface area contributed by atoms with Gasteiger partial charge in [0.05, 0.1) is 5.41 Å². The summed E-state index contributed by atoms with van der Waals surface area (Å²) in [5.74, 6) is -0.103. The van der Waals surface area contributed by atoms with Gasteiger partial charge in [0.15, 0.2) is 0 Å². The highest BCUT2D eigenvalue weighted by molar-refractivity contribution is 6.30. The fourth-order valence-corrected chi connectivity index (χ4v) is 3.20. The second-order valence-electron chi connectivity index (χ2n) is 6.45. The van der Waals surface area contributed by atoms with Gasteiger partial charge in [0, 0.05) is 30.5 Å². The lowest BCUT2D eigenvalue weighted by molar-refractivity contribution is -0.137. The molecule has 5 nitrogen and oxygen atoms in total. The molecule has 0 bridgehead atoms. The van der Waals surface area contributed by atoms with E-state index in [1.165, 1.54) is 0 Å². The summed E-state index contributed by atoms with van der Waals surface area (Å²) in [5.41, 5.74) is 0.375. The zero-order chi connectivity index (χ0) is 16.4. The summed E-state index contributed by atoms with van der Waals surface area (Å²) in [4.78, 5) is 26.8. The summed E-state index contributed by atoms with van der Waals surface area (Å²) in [6.45, 7) is 3.74. The molecule has 2 fully saturated rings. The van der Waals surface area contributed by atoms with E-state index in [9.17, 15) is 9.59 Å². The average Bonchev–Trinajstić information content (AvgIpc) is 2.90. The number of anilines is 1. The van der Waals surface area contributed by atoms with Crippen molar-refractivity contribution in [2.24, 2.45) is 5.41 Å². The molecule has 1 unspecified atom stereocenters. The third kappa shape index (κ3) is 3.35. The van der Waals surface area contributed by atoms with Crippen molar-refractivity contribution >= 4 is 29.1 Å². The molecule has 3 rings (SSSR count). The predicted octanol–water partition coefficient (Wildman–Crippen LogP) is 2.38. The Morgan fingerprint density at radius 2 is 1.96 bits per heavy atom. The Balaban J connectivity index is 1.65. The van der Waals surface area contributed by atoms with Gasteiger partial charge in [-0.2, -0.15) is 0 Å². The van der Waals surface area contributed by atoms with Gasteiger partial charge in [-0.15, -0.1) is 0 Å². The second kappa shape index (κ2) is 6.49. The molecule has 0 aromatic heterocycles. The van der Waals surface area contributed by atoms with Gasteiger partial charge < -0.3 is 15.0 Å². The van der Waals surface area contributed by atoms with Crippen LogP contribution in [0.5, 0.6) is 0 Å². The molecule has 0 radical (unpaired) electrons. The van der Waals surface area contributed by atoms with Gasteiger partial charge in [0.2, 0.25) is 11.8 Å². The van der Waals surface area contributed by atoms with Crippen LogP contribution < -0.4 is 10.2 Å². The van der Waals surface area contributed by atoms with Crippen LogP contribution in [0.4, 0.5) is 5.69 Å². The molecule has 2 aliphatic heterocycles. The van der Waals surface area contributed by atoms with Gasteiger partial charge >= 0.3 is 0 Å². The van der Waals surface area contributed by atoms with Crippen molar-refractivity contribution in [3.05, 3.63) is 29.3 Å². The molecule has 124 valence electrons. The minimum atomic E-state index is -0.446. The number of halogens is 1. The Kier molecular flexibility index (Phi) is 4.60. The van der Waals surface area contributed by atoms with Crippen LogP contribution in [0.1, 0.15) is 26.2 Å². The van der Waals surface area contributed by atoms with Crippen LogP contribution in [-0.4, -0.2) is 37.6 Å². The molecule has 0 saturated carbocycles. The maximum absolute atomic E-state index is 12.6. The zero-order valence-corrected chi connectivity index (χ0v) is 13.9. The topological polar surface area (TPSA) is 58.6 Å². The Morgan fingerprint density at radius 1 is 1.30 bits per heavy atom. The van der Waals surface area contributed by atoms with Gasteiger partial charge in [-0.25, -0.2) is 0 Å². The standard InChI is InChI=1S/C17H21ClN2O3/c1-17(7-10-23-11-8-17)16(22)19-14-6-9-20(15(14)21)13-4-2-12(18)3-5-13/h2-5,14H,6-11H2,1H3,(H,19,22). The summed E-state index contributed by atoms with van der Waals surface area (Å²) in [5, 5.41) is 3.57. The van der Waals surface area contributed by atoms with E-state index in [1.54, 1.807) is 17.0 Å². The molecule has 0 aliphatic carbocycles. The molecular formula is C17H21ClN2O3. The highest BCUT2D eigenvalue weighted by Crippen LogP contribution is 2.31. The van der Waals surface area contributed by atoms with Gasteiger partial charge in [0.1, 0.15) is 6.04 Å². The highest BCUT2D eigenvalue weighted by Gasteiger charge is 2.40. The van der Waals surface area contributed by atoms with Crippen LogP contribution in [-0.2, 0) is 14.3 Å². The maximum Gasteiger partial charge on any atom is 0.249 e. The van der Waals surface area contributed by atoms with Crippen LogP contribution in [0.2, 0.25) is 5.02 Å². The minimum absolute atomic E-state index is 0.0443. The average molecular weight is 337 g/mol. The van der Waals surface area contributed by atoms with Gasteiger partial charge in [-0.3, -0.25) is 9.59 Å². The number of nitrogens with one attached hydrogen (secondary N) is 1. The van der Waals surface area contributed by atoms with E-state index >= 15 is 0 Å². The molecule has 1 aromatic carbocycles. The molecule has 2 amide bonds. The number of amides is 2. The van der Waals surface area contributed by atoms with E-state index in [0.717, 1.165) is 5.69 Å². The molecular weight excluding hydrogens is 316 g/mol. The van der Waals surface area contributed by atoms with Gasteiger partial charge in [0.25, 0.3) is 0 Å². The van der Waals surface area contributed by atoms with Crippen molar-refractivity contribution in [2.75, 3.05) is 24.7 Å². The highest BCUT2D eigenvalue weighted by atomic mass is 35.5. The van der Waals surface area contributed by atoms with Gasteiger partial charge in [-0.05, 0) is 43.5 Å². The molecule has 2 aliphatic rings. The number of carbonyl (C=O) groups is 2. The first-order valence-electron chi connectivity index (χ1n) is 7.95. The SMILES string of the molecule is CC1(C(=O)NC2CCN(c3ccc(Cl)cc3)C2=O)CCOCC1. The monoisotopic (exact) mass is 336 g/mol. The number of benzene rings is 1. The first-order valence-corrected chi connectivity index (χ1v) is 8.33. The Bertz CT molecular complexity index is 596. The molecule has 2 heterocycles. The lowest BCUT2D eigenvalue weighted by atomic mass is 9.81. The Hall–Kier alpha value is -1.59. The molecule has 6 heteroatoms. The third-order valence-electron chi connectivity index (χ3n) is 4.79. The fraction of sp³-hybridized carbons (Fsp3) is 0.529. The summed E-state index contributed by atoms with van der Waals surface area (Å²) in [7, 11) is 0. The quantitative estimate of drug-likeness (QED) is 0.922. The van der Waals surface area contributed by atoms with Crippen LogP contribution in [0.25, 0.3) is 0 Å². The molecule has 0 spiro atoms. The number of rotatable bonds is 3. The summed E-state index contributed by atoms with van der Waals surface area (Å²) < 4.78 is 5.32. The van der Waals surface area contributed by atoms with Crippen molar-refractivity contribution in [3.8, 4) is 0 Å². The first kappa shape index (κ1) is 16.3. The van der Waals surface area contributed by atoms with Crippen molar-refractivity contribution in [1.82, 2.24) is 5.32 Å². The maximum atomic E-state index is 12.6. The summed E-state index contributed by atoms with van der Waals surface area (Å²) >= 11 is 5.88. The van der Waals surface area contributed by atoms with Crippen molar-refractivity contribution in [1.29, 1.82) is 0 Å². The Labute approximate surface area is 140 Å². The van der Waals surface area contributed by atoms with E-state index in [4.69, 9.17) is 16.3 Å². The second-order valence-corrected chi connectivity index (χ2v) is 6.89. The van der Waals surface area contributed by atoms with Gasteiger partial charge in [-0.1, -0.05) is 18.5 Å². The van der Waals surface area contributed by atoms with Crippen molar-refractivity contribution in [3.63, 3.8) is 0 Å². The fourth-order valence-electron chi connectivity index (χ4n) is 3.07. The third-order valence-corrected chi connectivity index (χ3v) is 5.05. The molecule has 1 aromatic rings. The smallest absolute Gasteiger partial charge is 0.249 e. The normalized spacial score (nSPS) is 23.8. The van der Waals surface area contributed by atoms with Crippen molar-refractivity contribution in [2.45, 2.75) is 32.2 Å². The van der Waals surface area contributed by atoms with E-state index in [-0.39, 0.29) is 11.8 Å². The predicted molar refractivity (Wildman–Crippen MR) is 88.5 cm³/mol. The molecule has 1 N–H and O–H groups in total. The minimum Gasteiger partial charge on any atom is -0.381 e. The summed E-state index contributed by atoms with van der Waals surface area (Å²) in [6, 6.07) is 6.73. The van der Waals surface area contributed by atoms with E-state index in [1.807, 2.05) is 19.1 Å². The van der Waals surface area contributed by atoms with Crippen LogP contribution in [0, 0.1) is 5.41 Å². The number of hydrogen-bond acceptors (Lipinski definition) is 3. The van der Waals surface area contributed by atoms with Crippen LogP contribution >= 0.6 is 11.6 Å². The first-order chi connectivity index (χ1) is 11.0. The van der Waals surface area contributed by atoms with E-state index in [0.29, 0.717) is 44.0 Å². The molecule has 1 atom stereocenters. The zero-order valence-electron chi connectivity index (χ0n) is 13.2. The van der Waals surface area contributed by atoms with E-state index < -0.39 is 11.5 Å². The van der Waals surface area contributed by atoms with Crippen LogP contribution in [0.3, 0.4) is 0 Å². The number of nitrogens with zero attached hydrogens (tertiary/aromatic N) is 1. The lowest BCUT2D eigenvalue weighted by Gasteiger charge is -2.32. The molecule has 23 heavy (non-hydrogen) atoms. The molecule has 2 saturated heterocycles. The largest absolute Gasteiger partial charge is 0.381 e. The van der Waals surface area contributed by atoms with E-state index in [2.05, 4.69) is 5.32 Å². The van der Waals surface area contributed by atoms with Crippen LogP contribution in [0.15, 0.2) is 24.3 Å². The van der Waals surface area contributed by atoms with Crippen molar-refractivity contribution < 1.29 is 14.3 Å². The lowest BCUT2D eigenvalue weighted by Crippen LogP contribution is -2.49. The number of hydrogen-bond donors (Lipinski definition) is 1. The number of carbonyl (C=O) groups excluding carboxylic acids is 2.